The van der Waals surface area contributed by atoms with E-state index in [9.17, 15) is 27.9 Å². The summed E-state index contributed by atoms with van der Waals surface area (Å²) >= 11 is 0. The Labute approximate surface area is 194 Å². The molecule has 0 fully saturated rings. The molecule has 0 atom stereocenters. The fraction of sp³-hybridized carbons (Fsp3) is 0.842. The summed E-state index contributed by atoms with van der Waals surface area (Å²) in [6.45, 7) is 1.13. The van der Waals surface area contributed by atoms with Gasteiger partial charge in [0.05, 0.1) is 55.1 Å². The first-order valence-electron chi connectivity index (χ1n) is 10.1. The molecule has 0 spiro atoms. The molecule has 0 saturated heterocycles. The average molecular weight is 502 g/mol. The van der Waals surface area contributed by atoms with Crippen LogP contribution < -0.4 is 5.32 Å². The van der Waals surface area contributed by atoms with E-state index in [2.05, 4.69) is 5.32 Å². The van der Waals surface area contributed by atoms with Crippen LogP contribution in [0.2, 0.25) is 0 Å². The van der Waals surface area contributed by atoms with Crippen LogP contribution in [0.25, 0.3) is 0 Å². The monoisotopic (exact) mass is 501 g/mol. The van der Waals surface area contributed by atoms with Gasteiger partial charge < -0.3 is 28.9 Å². The molecule has 0 aromatic heterocycles. The molecule has 0 heterocycles. The van der Waals surface area contributed by atoms with Crippen LogP contribution in [0.1, 0.15) is 12.8 Å². The standard InChI is InChI=1S/C19H38N3O8S2/c1-21(2,3)9-11-29-16(23)14-19(26,15-17(24)30-12-10-22(4,5)6)18(25)20-8-13-31-32(7,27)28/h26H,8-15H2,1-7H3/q+1/p+1. The van der Waals surface area contributed by atoms with E-state index in [1.54, 1.807) is 0 Å². The Kier molecular flexibility index (Phi) is 12.2. The number of hydrogen-bond donors (Lipinski definition) is 2. The second kappa shape index (κ2) is 12.7. The summed E-state index contributed by atoms with van der Waals surface area (Å²) < 4.78 is 33.7. The summed E-state index contributed by atoms with van der Waals surface area (Å²) in [6.07, 6.45) is -0.437. The van der Waals surface area contributed by atoms with E-state index < -0.39 is 45.2 Å². The highest BCUT2D eigenvalue weighted by Crippen LogP contribution is 2.19. The van der Waals surface area contributed by atoms with Gasteiger partial charge in [-0.25, -0.2) is 8.42 Å². The third kappa shape index (κ3) is 16.3. The normalized spacial score (nSPS) is 12.9. The smallest absolute Gasteiger partial charge is 0.309 e. The third-order valence-corrected chi connectivity index (χ3v) is 6.61. The minimum absolute atomic E-state index is 0.0442. The van der Waals surface area contributed by atoms with Crippen molar-refractivity contribution in [3.8, 4) is 0 Å². The molecule has 0 radical (unpaired) electrons. The molecule has 32 heavy (non-hydrogen) atoms. The predicted octanol–water partition coefficient (Wildman–Crippen LogP) is -1.19. The van der Waals surface area contributed by atoms with Gasteiger partial charge in [-0.05, 0) is 10.8 Å². The van der Waals surface area contributed by atoms with Crippen molar-refractivity contribution >= 4 is 37.5 Å². The number of carbonyl (C=O) groups excluding carboxylic acids is 3. The van der Waals surface area contributed by atoms with Gasteiger partial charge in [-0.15, -0.1) is 0 Å². The Bertz CT molecular complexity index is 709. The molecule has 11 nitrogen and oxygen atoms in total. The minimum atomic E-state index is -3.29. The third-order valence-electron chi connectivity index (χ3n) is 4.03. The van der Waals surface area contributed by atoms with Crippen LogP contribution in [0.4, 0.5) is 0 Å². The Balaban J connectivity index is 5.07. The number of hydrogen-bond acceptors (Lipinski definition) is 9. The Morgan fingerprint density at radius 3 is 1.66 bits per heavy atom. The molecule has 0 aliphatic rings. The van der Waals surface area contributed by atoms with Crippen LogP contribution in [0.3, 0.4) is 0 Å². The second-order valence-electron chi connectivity index (χ2n) is 9.64. The van der Waals surface area contributed by atoms with Gasteiger partial charge in [0, 0.05) is 18.6 Å². The molecule has 1 amide bonds. The first kappa shape index (κ1) is 30.6. The lowest BCUT2D eigenvalue weighted by Gasteiger charge is -2.27. The Morgan fingerprint density at radius 2 is 1.31 bits per heavy atom. The largest absolute Gasteiger partial charge is 0.460 e. The van der Waals surface area contributed by atoms with Gasteiger partial charge in [0.15, 0.2) is 14.5 Å². The van der Waals surface area contributed by atoms with Crippen molar-refractivity contribution in [2.45, 2.75) is 18.4 Å². The zero-order valence-corrected chi connectivity index (χ0v) is 21.8. The van der Waals surface area contributed by atoms with Crippen molar-refractivity contribution in [2.75, 3.05) is 87.1 Å². The molecule has 0 aromatic rings. The minimum Gasteiger partial charge on any atom is -0.460 e. The molecule has 0 rings (SSSR count). The van der Waals surface area contributed by atoms with E-state index in [4.69, 9.17) is 9.47 Å². The molecule has 0 unspecified atom stereocenters. The van der Waals surface area contributed by atoms with Gasteiger partial charge in [0.25, 0.3) is 5.91 Å². The zero-order chi connectivity index (χ0) is 25.2. The SMILES string of the molecule is C[N+](C)(C)CCOC(=O)CC(O)(CC(=O)OCC[N+](C)(C)C)C(=O)NCCSS(C)(=O)=O. The quantitative estimate of drug-likeness (QED) is 0.123. The van der Waals surface area contributed by atoms with Crippen molar-refractivity contribution in [3.63, 3.8) is 0 Å². The van der Waals surface area contributed by atoms with Crippen LogP contribution in [0.5, 0.6) is 0 Å². The van der Waals surface area contributed by atoms with Crippen LogP contribution in [-0.2, 0) is 32.7 Å². The topological polar surface area (TPSA) is 136 Å². The van der Waals surface area contributed by atoms with Gasteiger partial charge in [0.2, 0.25) is 0 Å². The van der Waals surface area contributed by atoms with Crippen LogP contribution >= 0.6 is 10.8 Å². The van der Waals surface area contributed by atoms with Gasteiger partial charge in [0.1, 0.15) is 26.3 Å². The van der Waals surface area contributed by atoms with Crippen molar-refractivity contribution in [2.24, 2.45) is 0 Å². The number of quaternary nitrogens is 2. The summed E-state index contributed by atoms with van der Waals surface area (Å²) in [5.74, 6) is -2.59. The number of nitrogens with zero attached hydrogens (tertiary/aromatic N) is 2. The van der Waals surface area contributed by atoms with Gasteiger partial charge in [-0.3, -0.25) is 14.4 Å². The molecule has 0 aliphatic carbocycles. The highest BCUT2D eigenvalue weighted by molar-refractivity contribution is 8.71. The molecule has 2 N–H and O–H groups in total. The number of nitrogens with one attached hydrogen (secondary N) is 1. The fourth-order valence-corrected chi connectivity index (χ4v) is 3.84. The molecule has 0 saturated carbocycles. The van der Waals surface area contributed by atoms with Crippen molar-refractivity contribution in [1.82, 2.24) is 5.32 Å². The molecule has 0 aromatic carbocycles. The highest BCUT2D eigenvalue weighted by Gasteiger charge is 2.41. The lowest BCUT2D eigenvalue weighted by atomic mass is 9.94. The predicted molar refractivity (Wildman–Crippen MR) is 122 cm³/mol. The van der Waals surface area contributed by atoms with Crippen LogP contribution in [0, 0.1) is 0 Å². The van der Waals surface area contributed by atoms with Crippen LogP contribution in [-0.4, -0.2) is 133 Å². The second-order valence-corrected chi connectivity index (χ2v) is 14.2. The fourth-order valence-electron chi connectivity index (χ4n) is 2.19. The number of carbonyl (C=O) groups is 3. The molecular formula is C19H39N3O8S2+2. The van der Waals surface area contributed by atoms with E-state index in [1.807, 2.05) is 42.3 Å². The zero-order valence-electron chi connectivity index (χ0n) is 20.2. The van der Waals surface area contributed by atoms with Gasteiger partial charge in [-0.1, -0.05) is 0 Å². The summed E-state index contributed by atoms with van der Waals surface area (Å²) in [6, 6.07) is 0. The van der Waals surface area contributed by atoms with Gasteiger partial charge in [-0.2, -0.15) is 0 Å². The summed E-state index contributed by atoms with van der Waals surface area (Å²) in [5, 5.41) is 13.2. The maximum Gasteiger partial charge on any atom is 0.309 e. The maximum absolute atomic E-state index is 12.6. The number of amides is 1. The summed E-state index contributed by atoms with van der Waals surface area (Å²) in [4.78, 5) is 37.0. The molecule has 188 valence electrons. The first-order valence-corrected chi connectivity index (χ1v) is 13.5. The molecule has 0 bridgehead atoms. The lowest BCUT2D eigenvalue weighted by Crippen LogP contribution is -2.51. The van der Waals surface area contributed by atoms with Crippen molar-refractivity contribution in [1.29, 1.82) is 0 Å². The van der Waals surface area contributed by atoms with E-state index in [0.717, 1.165) is 6.26 Å². The number of esters is 2. The maximum atomic E-state index is 12.6. The first-order chi connectivity index (χ1) is 14.3. The van der Waals surface area contributed by atoms with Gasteiger partial charge >= 0.3 is 11.9 Å². The van der Waals surface area contributed by atoms with E-state index in [-0.39, 0.29) is 25.5 Å². The molecule has 13 heteroatoms. The molecular weight excluding hydrogens is 462 g/mol. The van der Waals surface area contributed by atoms with Crippen molar-refractivity contribution in [3.05, 3.63) is 0 Å². The lowest BCUT2D eigenvalue weighted by molar-refractivity contribution is -0.870. The highest BCUT2D eigenvalue weighted by atomic mass is 33.1. The molecule has 0 aliphatic heterocycles. The number of ether oxygens (including phenoxy) is 2. The van der Waals surface area contributed by atoms with E-state index in [1.165, 1.54) is 0 Å². The summed E-state index contributed by atoms with van der Waals surface area (Å²) in [7, 11) is 8.83. The average Bonchev–Trinajstić information content (AvgIpc) is 2.54. The Hall–Kier alpha value is -1.41. The Morgan fingerprint density at radius 1 is 0.906 bits per heavy atom. The number of rotatable bonds is 15. The number of aliphatic hydroxyl groups is 1. The van der Waals surface area contributed by atoms with E-state index >= 15 is 0 Å². The van der Waals surface area contributed by atoms with E-state index in [0.29, 0.717) is 32.8 Å². The number of likely N-dealkylation sites (N-methyl/N-ethyl adjacent to an activating group) is 2. The summed E-state index contributed by atoms with van der Waals surface area (Å²) in [5.41, 5.74) is -2.38. The van der Waals surface area contributed by atoms with Crippen molar-refractivity contribution < 1.29 is 46.3 Å². The van der Waals surface area contributed by atoms with Crippen LogP contribution in [0.15, 0.2) is 0 Å².